The van der Waals surface area contributed by atoms with E-state index in [2.05, 4.69) is 5.32 Å². The van der Waals surface area contributed by atoms with Crippen molar-refractivity contribution in [2.24, 2.45) is 0 Å². The molecule has 5 nitrogen and oxygen atoms in total. The number of hydrogen-bond acceptors (Lipinski definition) is 3. The van der Waals surface area contributed by atoms with Crippen molar-refractivity contribution in [2.75, 3.05) is 6.61 Å². The number of carbonyl (C=O) groups is 2. The standard InChI is InChI=1S/C28H30ClFN2O3/c1-19(2)31-28(34)26(16-21-7-5-4-6-8-21)32(17-22-9-11-23(30)12-10-22)27(33)18-35-24-13-14-25(29)20(3)15-24/h4-15,19,26H,16-18H2,1-3H3,(H,31,34)/t26-/m1/s1. The highest BCUT2D eigenvalue weighted by molar-refractivity contribution is 6.31. The highest BCUT2D eigenvalue weighted by atomic mass is 35.5. The number of nitrogens with one attached hydrogen (secondary N) is 1. The molecule has 7 heteroatoms. The van der Waals surface area contributed by atoms with Crippen molar-refractivity contribution in [1.29, 1.82) is 0 Å². The van der Waals surface area contributed by atoms with Gasteiger partial charge < -0.3 is 15.0 Å². The zero-order valence-electron chi connectivity index (χ0n) is 20.1. The molecule has 0 aliphatic rings. The van der Waals surface area contributed by atoms with E-state index in [0.717, 1.165) is 11.1 Å². The van der Waals surface area contributed by atoms with E-state index in [-0.39, 0.29) is 36.8 Å². The summed E-state index contributed by atoms with van der Waals surface area (Å²) < 4.78 is 19.3. The third-order valence-electron chi connectivity index (χ3n) is 5.46. The summed E-state index contributed by atoms with van der Waals surface area (Å²) in [4.78, 5) is 28.3. The summed E-state index contributed by atoms with van der Waals surface area (Å²) in [5, 5.41) is 3.54. The molecule has 0 aliphatic heterocycles. The number of ether oxygens (including phenoxy) is 1. The molecule has 0 bridgehead atoms. The molecule has 0 heterocycles. The van der Waals surface area contributed by atoms with Crippen molar-refractivity contribution < 1.29 is 18.7 Å². The van der Waals surface area contributed by atoms with Crippen molar-refractivity contribution in [3.05, 3.63) is 100 Å². The number of benzene rings is 3. The van der Waals surface area contributed by atoms with E-state index in [9.17, 15) is 14.0 Å². The molecule has 0 aliphatic carbocycles. The lowest BCUT2D eigenvalue weighted by Crippen LogP contribution is -2.52. The normalized spacial score (nSPS) is 11.7. The molecule has 184 valence electrons. The number of halogens is 2. The van der Waals surface area contributed by atoms with Crippen LogP contribution in [0.4, 0.5) is 4.39 Å². The van der Waals surface area contributed by atoms with Crippen molar-refractivity contribution in [3.63, 3.8) is 0 Å². The zero-order chi connectivity index (χ0) is 25.4. The summed E-state index contributed by atoms with van der Waals surface area (Å²) in [6, 6.07) is 19.7. The highest BCUT2D eigenvalue weighted by Gasteiger charge is 2.31. The fourth-order valence-electron chi connectivity index (χ4n) is 3.66. The van der Waals surface area contributed by atoms with Crippen molar-refractivity contribution in [3.8, 4) is 5.75 Å². The van der Waals surface area contributed by atoms with Gasteiger partial charge in [0.15, 0.2) is 6.61 Å². The molecule has 0 saturated heterocycles. The predicted octanol–water partition coefficient (Wildman–Crippen LogP) is 5.33. The number of amides is 2. The van der Waals surface area contributed by atoms with Crippen LogP contribution < -0.4 is 10.1 Å². The van der Waals surface area contributed by atoms with Gasteiger partial charge in [-0.1, -0.05) is 54.1 Å². The summed E-state index contributed by atoms with van der Waals surface area (Å²) >= 11 is 6.09. The molecule has 35 heavy (non-hydrogen) atoms. The van der Waals surface area contributed by atoms with Gasteiger partial charge in [0.25, 0.3) is 5.91 Å². The fraction of sp³-hybridized carbons (Fsp3) is 0.286. The summed E-state index contributed by atoms with van der Waals surface area (Å²) in [5.41, 5.74) is 2.46. The van der Waals surface area contributed by atoms with Gasteiger partial charge in [0.1, 0.15) is 17.6 Å². The van der Waals surface area contributed by atoms with E-state index < -0.39 is 6.04 Å². The Labute approximate surface area is 210 Å². The molecule has 0 aromatic heterocycles. The second-order valence-electron chi connectivity index (χ2n) is 8.72. The third-order valence-corrected chi connectivity index (χ3v) is 5.88. The Balaban J connectivity index is 1.90. The molecular formula is C28H30ClFN2O3. The second kappa shape index (κ2) is 12.4. The number of rotatable bonds is 10. The predicted molar refractivity (Wildman–Crippen MR) is 136 cm³/mol. The van der Waals surface area contributed by atoms with Gasteiger partial charge in [-0.05, 0) is 67.8 Å². The average molecular weight is 497 g/mol. The molecule has 2 amide bonds. The van der Waals surface area contributed by atoms with Gasteiger partial charge in [0, 0.05) is 24.0 Å². The molecule has 0 fully saturated rings. The van der Waals surface area contributed by atoms with Gasteiger partial charge in [0.05, 0.1) is 0 Å². The Morgan fingerprint density at radius 2 is 1.69 bits per heavy atom. The van der Waals surface area contributed by atoms with Crippen LogP contribution in [0.25, 0.3) is 0 Å². The molecule has 3 aromatic carbocycles. The first kappa shape index (κ1) is 26.2. The van der Waals surface area contributed by atoms with Crippen molar-refractivity contribution >= 4 is 23.4 Å². The van der Waals surface area contributed by atoms with Crippen LogP contribution in [0.5, 0.6) is 5.75 Å². The summed E-state index contributed by atoms with van der Waals surface area (Å²) in [7, 11) is 0. The van der Waals surface area contributed by atoms with Crippen LogP contribution in [-0.4, -0.2) is 35.4 Å². The molecule has 1 atom stereocenters. The zero-order valence-corrected chi connectivity index (χ0v) is 20.9. The van der Waals surface area contributed by atoms with Gasteiger partial charge in [-0.25, -0.2) is 4.39 Å². The van der Waals surface area contributed by atoms with Crippen LogP contribution in [0.1, 0.15) is 30.5 Å². The maximum Gasteiger partial charge on any atom is 0.261 e. The quantitative estimate of drug-likeness (QED) is 0.412. The monoisotopic (exact) mass is 496 g/mol. The maximum absolute atomic E-state index is 13.5. The lowest BCUT2D eigenvalue weighted by molar-refractivity contribution is -0.143. The van der Waals surface area contributed by atoms with Gasteiger partial charge in [-0.15, -0.1) is 0 Å². The molecule has 0 unspecified atom stereocenters. The maximum atomic E-state index is 13.5. The Morgan fingerprint density at radius 1 is 1.00 bits per heavy atom. The third kappa shape index (κ3) is 7.82. The number of carbonyl (C=O) groups excluding carboxylic acids is 2. The lowest BCUT2D eigenvalue weighted by Gasteiger charge is -2.32. The van der Waals surface area contributed by atoms with Gasteiger partial charge in [-0.2, -0.15) is 0 Å². The minimum absolute atomic E-state index is 0.100. The van der Waals surface area contributed by atoms with E-state index in [0.29, 0.717) is 22.8 Å². The minimum Gasteiger partial charge on any atom is -0.484 e. The Hall–Kier alpha value is -3.38. The Morgan fingerprint density at radius 3 is 2.31 bits per heavy atom. The van der Waals surface area contributed by atoms with Crippen LogP contribution >= 0.6 is 11.6 Å². The van der Waals surface area contributed by atoms with E-state index in [1.165, 1.54) is 17.0 Å². The van der Waals surface area contributed by atoms with E-state index in [1.807, 2.05) is 51.1 Å². The molecule has 0 saturated carbocycles. The van der Waals surface area contributed by atoms with Crippen LogP contribution in [0.3, 0.4) is 0 Å². The van der Waals surface area contributed by atoms with Crippen molar-refractivity contribution in [1.82, 2.24) is 10.2 Å². The van der Waals surface area contributed by atoms with Gasteiger partial charge in [-0.3, -0.25) is 9.59 Å². The first-order chi connectivity index (χ1) is 16.7. The van der Waals surface area contributed by atoms with E-state index >= 15 is 0 Å². The van der Waals surface area contributed by atoms with Crippen LogP contribution in [0.15, 0.2) is 72.8 Å². The summed E-state index contributed by atoms with van der Waals surface area (Å²) in [6.45, 7) is 5.46. The first-order valence-electron chi connectivity index (χ1n) is 11.5. The SMILES string of the molecule is Cc1cc(OCC(=O)N(Cc2ccc(F)cc2)[C@H](Cc2ccccc2)C(=O)NC(C)C)ccc1Cl. The van der Waals surface area contributed by atoms with E-state index in [1.54, 1.807) is 30.3 Å². The summed E-state index contributed by atoms with van der Waals surface area (Å²) in [5.74, 6) is -0.483. The number of aryl methyl sites for hydroxylation is 1. The average Bonchev–Trinajstić information content (AvgIpc) is 2.83. The Bertz CT molecular complexity index is 1140. The molecule has 1 N–H and O–H groups in total. The van der Waals surface area contributed by atoms with Crippen molar-refractivity contribution in [2.45, 2.75) is 45.8 Å². The van der Waals surface area contributed by atoms with E-state index in [4.69, 9.17) is 16.3 Å². The largest absolute Gasteiger partial charge is 0.484 e. The van der Waals surface area contributed by atoms with Gasteiger partial charge in [0.2, 0.25) is 5.91 Å². The smallest absolute Gasteiger partial charge is 0.261 e. The number of nitrogens with zero attached hydrogens (tertiary/aromatic N) is 1. The molecule has 0 radical (unpaired) electrons. The fourth-order valence-corrected chi connectivity index (χ4v) is 3.77. The minimum atomic E-state index is -0.784. The highest BCUT2D eigenvalue weighted by Crippen LogP contribution is 2.22. The molecular weight excluding hydrogens is 467 g/mol. The topological polar surface area (TPSA) is 58.6 Å². The molecule has 0 spiro atoms. The molecule has 3 rings (SSSR count). The van der Waals surface area contributed by atoms with Crippen LogP contribution in [0.2, 0.25) is 5.02 Å². The Kier molecular flexibility index (Phi) is 9.26. The molecule has 3 aromatic rings. The second-order valence-corrected chi connectivity index (χ2v) is 9.12. The van der Waals surface area contributed by atoms with Crippen LogP contribution in [0, 0.1) is 12.7 Å². The van der Waals surface area contributed by atoms with Gasteiger partial charge >= 0.3 is 0 Å². The van der Waals surface area contributed by atoms with Crippen LogP contribution in [-0.2, 0) is 22.6 Å². The summed E-state index contributed by atoms with van der Waals surface area (Å²) in [6.07, 6.45) is 0.326. The number of hydrogen-bond donors (Lipinski definition) is 1. The first-order valence-corrected chi connectivity index (χ1v) is 11.9. The lowest BCUT2D eigenvalue weighted by atomic mass is 10.0.